The van der Waals surface area contributed by atoms with Crippen LogP contribution in [0.15, 0.2) is 24.3 Å². The van der Waals surface area contributed by atoms with Crippen molar-refractivity contribution in [1.29, 1.82) is 5.26 Å². The highest BCUT2D eigenvalue weighted by Crippen LogP contribution is 2.27. The lowest BCUT2D eigenvalue weighted by Gasteiger charge is -2.37. The van der Waals surface area contributed by atoms with Gasteiger partial charge in [0.1, 0.15) is 11.9 Å². The summed E-state index contributed by atoms with van der Waals surface area (Å²) in [5.74, 6) is -0.0164. The quantitative estimate of drug-likeness (QED) is 0.784. The summed E-state index contributed by atoms with van der Waals surface area (Å²) in [4.78, 5) is 22.4. The molecule has 8 nitrogen and oxygen atoms in total. The van der Waals surface area contributed by atoms with Crippen LogP contribution in [-0.2, 0) is 0 Å². The zero-order valence-electron chi connectivity index (χ0n) is 14.9. The predicted molar refractivity (Wildman–Crippen MR) is 101 cm³/mol. The minimum absolute atomic E-state index is 0.0144. The van der Waals surface area contributed by atoms with E-state index in [2.05, 4.69) is 15.2 Å². The highest BCUT2D eigenvalue weighted by molar-refractivity contribution is 6.30. The van der Waals surface area contributed by atoms with Gasteiger partial charge in [0, 0.05) is 31.9 Å². The largest absolute Gasteiger partial charge is 0.337 e. The fourth-order valence-corrected chi connectivity index (χ4v) is 3.82. The minimum atomic E-state index is -0.366. The van der Waals surface area contributed by atoms with Crippen LogP contribution in [0.2, 0.25) is 5.15 Å². The number of piperidine rings is 1. The van der Waals surface area contributed by atoms with Crippen molar-refractivity contribution in [2.75, 3.05) is 36.0 Å². The van der Waals surface area contributed by atoms with Gasteiger partial charge in [-0.2, -0.15) is 10.2 Å². The molecule has 2 aliphatic heterocycles. The Hall–Kier alpha value is -2.99. The van der Waals surface area contributed by atoms with Gasteiger partial charge in [-0.25, -0.2) is 9.18 Å². The summed E-state index contributed by atoms with van der Waals surface area (Å²) >= 11 is 5.97. The van der Waals surface area contributed by atoms with Crippen LogP contribution in [0.1, 0.15) is 18.5 Å². The maximum Gasteiger partial charge on any atom is 0.324 e. The maximum atomic E-state index is 13.5. The Morgan fingerprint density at radius 1 is 1.25 bits per heavy atom. The zero-order valence-corrected chi connectivity index (χ0v) is 15.7. The first-order valence-corrected chi connectivity index (χ1v) is 9.33. The van der Waals surface area contributed by atoms with E-state index in [1.165, 1.54) is 12.1 Å². The standard InChI is InChI=1S/C18H17ClFN7O/c19-16-15(10-21)23-24-17(22-16)25-6-2-5-14(11-25)27-8-7-26(18(27)28)13-4-1-3-12(20)9-13/h1,3-4,9,14H,2,5-8,11H2. The van der Waals surface area contributed by atoms with Gasteiger partial charge in [-0.05, 0) is 31.0 Å². The van der Waals surface area contributed by atoms with Crippen LogP contribution in [0, 0.1) is 17.1 Å². The number of aromatic nitrogens is 3. The average molecular weight is 402 g/mol. The van der Waals surface area contributed by atoms with Crippen LogP contribution in [0.3, 0.4) is 0 Å². The van der Waals surface area contributed by atoms with Gasteiger partial charge in [-0.3, -0.25) is 4.90 Å². The number of urea groups is 1. The van der Waals surface area contributed by atoms with Gasteiger partial charge in [-0.1, -0.05) is 17.7 Å². The van der Waals surface area contributed by atoms with E-state index >= 15 is 0 Å². The molecule has 2 saturated heterocycles. The first kappa shape index (κ1) is 18.4. The summed E-state index contributed by atoms with van der Waals surface area (Å²) in [5, 5.41) is 16.7. The lowest BCUT2D eigenvalue weighted by atomic mass is 10.0. The zero-order chi connectivity index (χ0) is 19.7. The van der Waals surface area contributed by atoms with Gasteiger partial charge in [-0.15, -0.1) is 10.2 Å². The molecule has 0 bridgehead atoms. The summed E-state index contributed by atoms with van der Waals surface area (Å²) in [6, 6.07) is 7.75. The molecule has 10 heteroatoms. The van der Waals surface area contributed by atoms with E-state index < -0.39 is 0 Å². The van der Waals surface area contributed by atoms with Crippen LogP contribution in [-0.4, -0.2) is 58.3 Å². The molecule has 1 aromatic carbocycles. The van der Waals surface area contributed by atoms with Crippen molar-refractivity contribution in [1.82, 2.24) is 20.1 Å². The third-order valence-corrected chi connectivity index (χ3v) is 5.28. The van der Waals surface area contributed by atoms with E-state index in [0.29, 0.717) is 31.3 Å². The summed E-state index contributed by atoms with van der Waals surface area (Å²) in [6.07, 6.45) is 1.71. The van der Waals surface area contributed by atoms with E-state index in [1.54, 1.807) is 17.0 Å². The molecule has 2 aliphatic rings. The Morgan fingerprint density at radius 2 is 2.11 bits per heavy atom. The fourth-order valence-electron chi connectivity index (χ4n) is 3.67. The highest BCUT2D eigenvalue weighted by atomic mass is 35.5. The topological polar surface area (TPSA) is 89.3 Å². The second-order valence-electron chi connectivity index (χ2n) is 6.71. The third-order valence-electron chi connectivity index (χ3n) is 5.02. The highest BCUT2D eigenvalue weighted by Gasteiger charge is 2.37. The third kappa shape index (κ3) is 3.43. The molecule has 2 amide bonds. The maximum absolute atomic E-state index is 13.5. The number of carbonyl (C=O) groups excluding carboxylic acids is 1. The van der Waals surface area contributed by atoms with Crippen molar-refractivity contribution >= 4 is 29.3 Å². The first-order chi connectivity index (χ1) is 13.6. The second kappa shape index (κ2) is 7.56. The number of nitriles is 1. The molecule has 1 atom stereocenters. The van der Waals surface area contributed by atoms with Gasteiger partial charge in [0.05, 0.1) is 6.04 Å². The molecule has 1 aromatic heterocycles. The lowest BCUT2D eigenvalue weighted by molar-refractivity contribution is 0.191. The molecular weight excluding hydrogens is 385 g/mol. The molecular formula is C18H17ClFN7O. The van der Waals surface area contributed by atoms with Gasteiger partial charge >= 0.3 is 6.03 Å². The molecule has 0 aliphatic carbocycles. The SMILES string of the molecule is N#Cc1nnc(N2CCCC(N3CCN(c4cccc(F)c4)C3=O)C2)nc1Cl. The molecule has 0 saturated carbocycles. The first-order valence-electron chi connectivity index (χ1n) is 8.96. The van der Waals surface area contributed by atoms with Crippen molar-refractivity contribution in [3.63, 3.8) is 0 Å². The number of anilines is 2. The van der Waals surface area contributed by atoms with E-state index in [9.17, 15) is 9.18 Å². The summed E-state index contributed by atoms with van der Waals surface area (Å²) in [7, 11) is 0. The van der Waals surface area contributed by atoms with Crippen LogP contribution in [0.4, 0.5) is 20.8 Å². The smallest absolute Gasteiger partial charge is 0.324 e. The Balaban J connectivity index is 1.48. The summed E-state index contributed by atoms with van der Waals surface area (Å²) in [6.45, 7) is 2.35. The van der Waals surface area contributed by atoms with Crippen molar-refractivity contribution in [2.45, 2.75) is 18.9 Å². The molecule has 0 radical (unpaired) electrons. The molecule has 4 rings (SSSR count). The Bertz CT molecular complexity index is 950. The van der Waals surface area contributed by atoms with Crippen LogP contribution >= 0.6 is 11.6 Å². The molecule has 3 heterocycles. The molecule has 0 spiro atoms. The van der Waals surface area contributed by atoms with Crippen LogP contribution < -0.4 is 9.80 Å². The monoisotopic (exact) mass is 401 g/mol. The Kier molecular flexibility index (Phi) is 4.96. The normalized spacial score (nSPS) is 19.8. The molecule has 0 N–H and O–H groups in total. The minimum Gasteiger partial charge on any atom is -0.337 e. The van der Waals surface area contributed by atoms with Crippen molar-refractivity contribution in [2.24, 2.45) is 0 Å². The molecule has 28 heavy (non-hydrogen) atoms. The number of hydrogen-bond acceptors (Lipinski definition) is 6. The number of halogens is 2. The van der Waals surface area contributed by atoms with E-state index in [4.69, 9.17) is 16.9 Å². The number of benzene rings is 1. The predicted octanol–water partition coefficient (Wildman–Crippen LogP) is 2.45. The summed E-state index contributed by atoms with van der Waals surface area (Å²) in [5.41, 5.74) is 0.547. The van der Waals surface area contributed by atoms with Crippen molar-refractivity contribution in [3.05, 3.63) is 40.9 Å². The van der Waals surface area contributed by atoms with Crippen LogP contribution in [0.5, 0.6) is 0 Å². The van der Waals surface area contributed by atoms with Gasteiger partial charge in [0.15, 0.2) is 10.8 Å². The average Bonchev–Trinajstić information content (AvgIpc) is 3.09. The number of hydrogen-bond donors (Lipinski definition) is 0. The number of amides is 2. The number of carbonyl (C=O) groups is 1. The fraction of sp³-hybridized carbons (Fsp3) is 0.389. The van der Waals surface area contributed by atoms with E-state index in [-0.39, 0.29) is 28.7 Å². The summed E-state index contributed by atoms with van der Waals surface area (Å²) < 4.78 is 13.5. The second-order valence-corrected chi connectivity index (χ2v) is 7.07. The van der Waals surface area contributed by atoms with Crippen molar-refractivity contribution < 1.29 is 9.18 Å². The Morgan fingerprint density at radius 3 is 2.86 bits per heavy atom. The molecule has 1 unspecified atom stereocenters. The molecule has 2 fully saturated rings. The van der Waals surface area contributed by atoms with E-state index in [0.717, 1.165) is 19.4 Å². The van der Waals surface area contributed by atoms with Gasteiger partial charge in [0.2, 0.25) is 5.95 Å². The van der Waals surface area contributed by atoms with Gasteiger partial charge < -0.3 is 9.80 Å². The van der Waals surface area contributed by atoms with E-state index in [1.807, 2.05) is 15.9 Å². The molecule has 144 valence electrons. The number of nitrogens with zero attached hydrogens (tertiary/aromatic N) is 7. The van der Waals surface area contributed by atoms with Crippen molar-refractivity contribution in [3.8, 4) is 6.07 Å². The number of rotatable bonds is 3. The van der Waals surface area contributed by atoms with Gasteiger partial charge in [0.25, 0.3) is 0 Å². The lowest BCUT2D eigenvalue weighted by Crippen LogP contribution is -2.50. The Labute approximate surface area is 166 Å². The van der Waals surface area contributed by atoms with Crippen LogP contribution in [0.25, 0.3) is 0 Å². The molecule has 2 aromatic rings.